The Bertz CT molecular complexity index is 214. The lowest BCUT2D eigenvalue weighted by atomic mass is 9.72. The van der Waals surface area contributed by atoms with Crippen LogP contribution in [0.4, 0.5) is 0 Å². The Morgan fingerprint density at radius 1 is 1.46 bits per heavy atom. The number of fused-ring (bicyclic) bond motifs is 2. The Kier molecular flexibility index (Phi) is 1.97. The molecule has 0 saturated heterocycles. The van der Waals surface area contributed by atoms with Crippen LogP contribution in [0.5, 0.6) is 0 Å². The Balaban J connectivity index is 2.24. The maximum Gasteiger partial charge on any atom is 0.0775 e. The van der Waals surface area contributed by atoms with Crippen molar-refractivity contribution in [3.63, 3.8) is 0 Å². The van der Waals surface area contributed by atoms with Crippen LogP contribution in [-0.4, -0.2) is 23.3 Å². The van der Waals surface area contributed by atoms with Crippen LogP contribution in [-0.2, 0) is 0 Å². The summed E-state index contributed by atoms with van der Waals surface area (Å²) in [5.41, 5.74) is 0.184. The van der Waals surface area contributed by atoms with Gasteiger partial charge in [0.15, 0.2) is 0 Å². The van der Waals surface area contributed by atoms with Gasteiger partial charge in [0, 0.05) is 5.54 Å². The maximum atomic E-state index is 10.3. The first-order chi connectivity index (χ1) is 6.03. The summed E-state index contributed by atoms with van der Waals surface area (Å²) in [6, 6.07) is 0. The van der Waals surface area contributed by atoms with E-state index < -0.39 is 0 Å². The molecular formula is C11H21NO. The molecule has 0 spiro atoms. The predicted molar refractivity (Wildman–Crippen MR) is 53.5 cm³/mol. The van der Waals surface area contributed by atoms with Gasteiger partial charge in [-0.25, -0.2) is 0 Å². The summed E-state index contributed by atoms with van der Waals surface area (Å²) in [5, 5.41) is 13.8. The molecular weight excluding hydrogens is 162 g/mol. The van der Waals surface area contributed by atoms with Gasteiger partial charge in [-0.15, -0.1) is 0 Å². The molecule has 0 unspecified atom stereocenters. The van der Waals surface area contributed by atoms with Gasteiger partial charge in [0.1, 0.15) is 0 Å². The van der Waals surface area contributed by atoms with Crippen molar-refractivity contribution in [3.8, 4) is 0 Å². The molecule has 2 nitrogen and oxygen atoms in total. The van der Waals surface area contributed by atoms with Crippen LogP contribution < -0.4 is 5.32 Å². The number of aliphatic hydroxyl groups is 1. The summed E-state index contributed by atoms with van der Waals surface area (Å²) < 4.78 is 0. The third-order valence-electron chi connectivity index (χ3n) is 4.36. The average Bonchev–Trinajstić information content (AvgIpc) is 2.55. The van der Waals surface area contributed by atoms with Crippen LogP contribution in [0, 0.1) is 11.3 Å². The highest BCUT2D eigenvalue weighted by molar-refractivity contribution is 5.15. The Morgan fingerprint density at radius 3 is 2.62 bits per heavy atom. The molecule has 2 fully saturated rings. The van der Waals surface area contributed by atoms with Crippen LogP contribution in [0.15, 0.2) is 0 Å². The molecule has 2 aliphatic rings. The van der Waals surface area contributed by atoms with Gasteiger partial charge in [0.05, 0.1) is 6.10 Å². The second kappa shape index (κ2) is 2.71. The summed E-state index contributed by atoms with van der Waals surface area (Å²) in [6.07, 6.45) is 3.47. The van der Waals surface area contributed by atoms with E-state index in [4.69, 9.17) is 0 Å². The molecule has 0 heterocycles. The molecule has 76 valence electrons. The minimum Gasteiger partial charge on any atom is -0.391 e. The van der Waals surface area contributed by atoms with Crippen molar-refractivity contribution in [2.45, 2.75) is 51.7 Å². The van der Waals surface area contributed by atoms with Crippen molar-refractivity contribution in [2.75, 3.05) is 6.54 Å². The van der Waals surface area contributed by atoms with E-state index in [1.54, 1.807) is 0 Å². The molecule has 0 aliphatic heterocycles. The van der Waals surface area contributed by atoms with Gasteiger partial charge in [-0.1, -0.05) is 20.8 Å². The van der Waals surface area contributed by atoms with Gasteiger partial charge in [-0.3, -0.25) is 0 Å². The largest absolute Gasteiger partial charge is 0.391 e. The monoisotopic (exact) mass is 183 g/mol. The highest BCUT2D eigenvalue weighted by Crippen LogP contribution is 2.57. The second-order valence-corrected chi connectivity index (χ2v) is 5.35. The third-order valence-corrected chi connectivity index (χ3v) is 4.36. The Labute approximate surface area is 80.7 Å². The zero-order valence-corrected chi connectivity index (χ0v) is 8.93. The van der Waals surface area contributed by atoms with Gasteiger partial charge in [-0.2, -0.15) is 0 Å². The molecule has 0 aromatic heterocycles. The standard InChI is InChI=1S/C11H21NO/c1-4-12-11-6-5-8(7-11)10(2,3)9(11)13/h8-9,12-13H,4-7H2,1-3H3/t8-,9+,11-/m1/s1. The fourth-order valence-corrected chi connectivity index (χ4v) is 3.50. The zero-order valence-electron chi connectivity index (χ0n) is 8.93. The lowest BCUT2D eigenvalue weighted by Gasteiger charge is -2.41. The van der Waals surface area contributed by atoms with E-state index in [1.807, 2.05) is 0 Å². The molecule has 0 amide bonds. The lowest BCUT2D eigenvalue weighted by Crippen LogP contribution is -2.55. The summed E-state index contributed by atoms with van der Waals surface area (Å²) in [4.78, 5) is 0. The molecule has 2 N–H and O–H groups in total. The molecule has 0 aromatic rings. The van der Waals surface area contributed by atoms with E-state index in [1.165, 1.54) is 12.8 Å². The zero-order chi connectivity index (χ0) is 9.69. The van der Waals surface area contributed by atoms with E-state index >= 15 is 0 Å². The summed E-state index contributed by atoms with van der Waals surface area (Å²) in [5.74, 6) is 0.724. The first-order valence-corrected chi connectivity index (χ1v) is 5.46. The fraction of sp³-hybridized carbons (Fsp3) is 1.00. The number of nitrogens with one attached hydrogen (secondary N) is 1. The SMILES string of the molecule is CCN[C@]12CC[C@H](C1)C(C)(C)[C@@H]2O. The van der Waals surface area contributed by atoms with Crippen LogP contribution in [0.25, 0.3) is 0 Å². The minimum atomic E-state index is -0.154. The lowest BCUT2D eigenvalue weighted by molar-refractivity contribution is -0.0191. The Hall–Kier alpha value is -0.0800. The molecule has 0 radical (unpaired) electrons. The number of hydrogen-bond acceptors (Lipinski definition) is 2. The molecule has 2 heteroatoms. The molecule has 3 atom stereocenters. The molecule has 2 aliphatic carbocycles. The van der Waals surface area contributed by atoms with Crippen LogP contribution in [0.3, 0.4) is 0 Å². The second-order valence-electron chi connectivity index (χ2n) is 5.35. The maximum absolute atomic E-state index is 10.3. The number of hydrogen-bond donors (Lipinski definition) is 2. The van der Waals surface area contributed by atoms with Gasteiger partial charge < -0.3 is 10.4 Å². The van der Waals surface area contributed by atoms with Gasteiger partial charge in [0.2, 0.25) is 0 Å². The molecule has 13 heavy (non-hydrogen) atoms. The van der Waals surface area contributed by atoms with Crippen molar-refractivity contribution < 1.29 is 5.11 Å². The third kappa shape index (κ3) is 1.08. The normalized spacial score (nSPS) is 47.1. The minimum absolute atomic E-state index is 0.0584. The first kappa shape index (κ1) is 9.47. The van der Waals surface area contributed by atoms with Crippen molar-refractivity contribution in [1.82, 2.24) is 5.32 Å². The smallest absolute Gasteiger partial charge is 0.0775 e. The van der Waals surface area contributed by atoms with Crippen molar-refractivity contribution in [2.24, 2.45) is 11.3 Å². The number of likely N-dealkylation sites (N-methyl/N-ethyl adjacent to an activating group) is 1. The van der Waals surface area contributed by atoms with E-state index in [2.05, 4.69) is 26.1 Å². The molecule has 0 aromatic carbocycles. The fourth-order valence-electron chi connectivity index (χ4n) is 3.50. The number of rotatable bonds is 2. The van der Waals surface area contributed by atoms with E-state index in [0.717, 1.165) is 18.9 Å². The first-order valence-electron chi connectivity index (χ1n) is 5.46. The summed E-state index contributed by atoms with van der Waals surface area (Å²) in [7, 11) is 0. The van der Waals surface area contributed by atoms with E-state index in [9.17, 15) is 5.11 Å². The van der Waals surface area contributed by atoms with Crippen molar-refractivity contribution in [1.29, 1.82) is 0 Å². The Morgan fingerprint density at radius 2 is 2.15 bits per heavy atom. The highest BCUT2D eigenvalue weighted by atomic mass is 16.3. The van der Waals surface area contributed by atoms with Gasteiger partial charge in [0.25, 0.3) is 0 Å². The van der Waals surface area contributed by atoms with Crippen LogP contribution in [0.2, 0.25) is 0 Å². The molecule has 2 rings (SSSR count). The summed E-state index contributed by atoms with van der Waals surface area (Å²) in [6.45, 7) is 7.52. The van der Waals surface area contributed by atoms with Crippen molar-refractivity contribution >= 4 is 0 Å². The van der Waals surface area contributed by atoms with Crippen molar-refractivity contribution in [3.05, 3.63) is 0 Å². The topological polar surface area (TPSA) is 32.3 Å². The quantitative estimate of drug-likeness (QED) is 0.680. The average molecular weight is 183 g/mol. The van der Waals surface area contributed by atoms with Crippen LogP contribution >= 0.6 is 0 Å². The van der Waals surface area contributed by atoms with E-state index in [0.29, 0.717) is 0 Å². The highest BCUT2D eigenvalue weighted by Gasteiger charge is 2.60. The van der Waals surface area contributed by atoms with Gasteiger partial charge >= 0.3 is 0 Å². The molecule has 2 bridgehead atoms. The number of aliphatic hydroxyl groups excluding tert-OH is 1. The predicted octanol–water partition coefficient (Wildman–Crippen LogP) is 1.54. The molecule has 2 saturated carbocycles. The summed E-state index contributed by atoms with van der Waals surface area (Å²) >= 11 is 0. The van der Waals surface area contributed by atoms with E-state index in [-0.39, 0.29) is 17.1 Å². The van der Waals surface area contributed by atoms with Gasteiger partial charge in [-0.05, 0) is 37.1 Å². The van der Waals surface area contributed by atoms with Crippen LogP contribution in [0.1, 0.15) is 40.0 Å².